The number of aliphatic hydroxyl groups excluding tert-OH is 1. The molecule has 2 aliphatic rings. The fraction of sp³-hybridized carbons (Fsp3) is 0.688. The molecule has 1 saturated carbocycles. The highest BCUT2D eigenvalue weighted by atomic mass is 16.3. The Morgan fingerprint density at radius 1 is 1.50 bits per heavy atom. The second-order valence-electron chi connectivity index (χ2n) is 6.49. The number of nitrogens with zero attached hydrogens (tertiary/aromatic N) is 3. The first-order valence-corrected chi connectivity index (χ1v) is 7.71. The smallest absolute Gasteiger partial charge is 0.0951 e. The number of allylic oxidation sites excluding steroid dienone is 1. The topological polar surface area (TPSA) is 41.3 Å². The van der Waals surface area contributed by atoms with Gasteiger partial charge in [-0.1, -0.05) is 6.08 Å². The molecule has 0 aromatic carbocycles. The van der Waals surface area contributed by atoms with Gasteiger partial charge in [-0.25, -0.2) is 4.98 Å². The SMILES string of the molecule is C=CC[C@]1(CO)CCCN(Cc2cncn2C2CC2)C1. The fourth-order valence-electron chi connectivity index (χ4n) is 3.48. The highest BCUT2D eigenvalue weighted by Gasteiger charge is 2.34. The molecule has 0 spiro atoms. The van der Waals surface area contributed by atoms with E-state index < -0.39 is 0 Å². The van der Waals surface area contributed by atoms with Crippen molar-refractivity contribution in [2.45, 2.75) is 44.7 Å². The highest BCUT2D eigenvalue weighted by molar-refractivity contribution is 5.04. The molecular weight excluding hydrogens is 250 g/mol. The number of hydrogen-bond acceptors (Lipinski definition) is 3. The van der Waals surface area contributed by atoms with Crippen molar-refractivity contribution in [3.8, 4) is 0 Å². The van der Waals surface area contributed by atoms with Gasteiger partial charge < -0.3 is 9.67 Å². The van der Waals surface area contributed by atoms with Gasteiger partial charge >= 0.3 is 0 Å². The second-order valence-corrected chi connectivity index (χ2v) is 6.49. The molecule has 1 aliphatic heterocycles. The van der Waals surface area contributed by atoms with Crippen LogP contribution in [0.5, 0.6) is 0 Å². The number of hydrogen-bond donors (Lipinski definition) is 1. The maximum Gasteiger partial charge on any atom is 0.0951 e. The van der Waals surface area contributed by atoms with Gasteiger partial charge in [0, 0.05) is 30.7 Å². The third-order valence-corrected chi connectivity index (χ3v) is 4.73. The van der Waals surface area contributed by atoms with Gasteiger partial charge in [0.05, 0.1) is 18.6 Å². The molecule has 3 rings (SSSR count). The minimum absolute atomic E-state index is 0.0183. The Bertz CT molecular complexity index is 466. The second kappa shape index (κ2) is 5.70. The lowest BCUT2D eigenvalue weighted by Crippen LogP contribution is -2.44. The van der Waals surface area contributed by atoms with Crippen LogP contribution < -0.4 is 0 Å². The summed E-state index contributed by atoms with van der Waals surface area (Å²) in [6, 6.07) is 0.688. The standard InChI is InChI=1S/C16H25N3O/c1-2-6-16(12-20)7-3-8-18(11-16)10-15-9-17-13-19(15)14-4-5-14/h2,9,13-14,20H,1,3-8,10-12H2/t16-/m0/s1. The Labute approximate surface area is 121 Å². The van der Waals surface area contributed by atoms with Crippen molar-refractivity contribution in [3.63, 3.8) is 0 Å². The summed E-state index contributed by atoms with van der Waals surface area (Å²) in [4.78, 5) is 6.78. The lowest BCUT2D eigenvalue weighted by molar-refractivity contribution is 0.0299. The summed E-state index contributed by atoms with van der Waals surface area (Å²) in [5.41, 5.74) is 1.34. The van der Waals surface area contributed by atoms with E-state index >= 15 is 0 Å². The molecule has 0 amide bonds. The summed E-state index contributed by atoms with van der Waals surface area (Å²) in [5, 5.41) is 9.78. The molecule has 1 saturated heterocycles. The van der Waals surface area contributed by atoms with Gasteiger partial charge in [-0.2, -0.15) is 0 Å². The van der Waals surface area contributed by atoms with E-state index in [2.05, 4.69) is 21.0 Å². The van der Waals surface area contributed by atoms with Crippen LogP contribution in [0.25, 0.3) is 0 Å². The minimum Gasteiger partial charge on any atom is -0.396 e. The number of piperidine rings is 1. The minimum atomic E-state index is 0.0183. The lowest BCUT2D eigenvalue weighted by atomic mass is 9.78. The van der Waals surface area contributed by atoms with Crippen LogP contribution in [0.15, 0.2) is 25.2 Å². The predicted molar refractivity (Wildman–Crippen MR) is 79.3 cm³/mol. The first kappa shape index (κ1) is 13.8. The van der Waals surface area contributed by atoms with Crippen LogP contribution in [0.4, 0.5) is 0 Å². The van der Waals surface area contributed by atoms with Crippen LogP contribution in [0.1, 0.15) is 43.8 Å². The van der Waals surface area contributed by atoms with Gasteiger partial charge in [-0.05, 0) is 38.6 Å². The van der Waals surface area contributed by atoms with Crippen LogP contribution in [-0.2, 0) is 6.54 Å². The average Bonchev–Trinajstić information content (AvgIpc) is 3.20. The van der Waals surface area contributed by atoms with E-state index in [9.17, 15) is 5.11 Å². The van der Waals surface area contributed by atoms with Gasteiger partial charge in [0.1, 0.15) is 0 Å². The molecular formula is C16H25N3O. The largest absolute Gasteiger partial charge is 0.396 e. The Morgan fingerprint density at radius 2 is 2.35 bits per heavy atom. The van der Waals surface area contributed by atoms with Gasteiger partial charge in [0.15, 0.2) is 0 Å². The molecule has 0 bridgehead atoms. The lowest BCUT2D eigenvalue weighted by Gasteiger charge is -2.41. The zero-order chi connectivity index (χ0) is 14.0. The van der Waals surface area contributed by atoms with Crippen molar-refractivity contribution >= 4 is 0 Å². The molecule has 1 atom stereocenters. The van der Waals surface area contributed by atoms with Crippen LogP contribution in [0.2, 0.25) is 0 Å². The average molecular weight is 275 g/mol. The summed E-state index contributed by atoms with van der Waals surface area (Å²) in [6.07, 6.45) is 11.7. The highest BCUT2D eigenvalue weighted by Crippen LogP contribution is 2.37. The number of rotatable bonds is 6. The molecule has 4 heteroatoms. The monoisotopic (exact) mass is 275 g/mol. The van der Waals surface area contributed by atoms with E-state index in [-0.39, 0.29) is 12.0 Å². The zero-order valence-corrected chi connectivity index (χ0v) is 12.2. The van der Waals surface area contributed by atoms with E-state index in [1.165, 1.54) is 18.5 Å². The Hall–Kier alpha value is -1.13. The Morgan fingerprint density at radius 3 is 3.05 bits per heavy atom. The predicted octanol–water partition coefficient (Wildman–Crippen LogP) is 2.37. The number of likely N-dealkylation sites (tertiary alicyclic amines) is 1. The molecule has 1 aromatic rings. The van der Waals surface area contributed by atoms with Crippen molar-refractivity contribution in [2.75, 3.05) is 19.7 Å². The Kier molecular flexibility index (Phi) is 3.94. The molecule has 20 heavy (non-hydrogen) atoms. The third kappa shape index (κ3) is 2.81. The summed E-state index contributed by atoms with van der Waals surface area (Å²) in [7, 11) is 0. The normalized spacial score (nSPS) is 27.6. The van der Waals surface area contributed by atoms with Gasteiger partial charge in [-0.3, -0.25) is 4.90 Å². The third-order valence-electron chi connectivity index (χ3n) is 4.73. The first-order valence-electron chi connectivity index (χ1n) is 7.71. The van der Waals surface area contributed by atoms with Crippen molar-refractivity contribution in [3.05, 3.63) is 30.9 Å². The number of imidazole rings is 1. The molecule has 4 nitrogen and oxygen atoms in total. The van der Waals surface area contributed by atoms with Crippen LogP contribution in [0.3, 0.4) is 0 Å². The number of aromatic nitrogens is 2. The summed E-state index contributed by atoms with van der Waals surface area (Å²) < 4.78 is 2.34. The molecule has 2 fully saturated rings. The molecule has 2 heterocycles. The van der Waals surface area contributed by atoms with E-state index in [4.69, 9.17) is 0 Å². The first-order chi connectivity index (χ1) is 9.76. The van der Waals surface area contributed by atoms with Crippen LogP contribution in [0, 0.1) is 5.41 Å². The van der Waals surface area contributed by atoms with E-state index in [0.29, 0.717) is 6.04 Å². The molecule has 0 unspecified atom stereocenters. The van der Waals surface area contributed by atoms with E-state index in [1.807, 2.05) is 18.6 Å². The molecule has 1 aliphatic carbocycles. The quantitative estimate of drug-likeness (QED) is 0.810. The fourth-order valence-corrected chi connectivity index (χ4v) is 3.48. The van der Waals surface area contributed by atoms with Crippen molar-refractivity contribution in [2.24, 2.45) is 5.41 Å². The maximum atomic E-state index is 9.78. The number of aliphatic hydroxyl groups is 1. The zero-order valence-electron chi connectivity index (χ0n) is 12.2. The van der Waals surface area contributed by atoms with E-state index in [1.54, 1.807) is 0 Å². The summed E-state index contributed by atoms with van der Waals surface area (Å²) in [6.45, 7) is 7.15. The molecule has 1 N–H and O–H groups in total. The summed E-state index contributed by atoms with van der Waals surface area (Å²) >= 11 is 0. The van der Waals surface area contributed by atoms with Crippen molar-refractivity contribution in [1.29, 1.82) is 0 Å². The van der Waals surface area contributed by atoms with Crippen LogP contribution >= 0.6 is 0 Å². The van der Waals surface area contributed by atoms with Crippen molar-refractivity contribution in [1.82, 2.24) is 14.5 Å². The maximum absolute atomic E-state index is 9.78. The van der Waals surface area contributed by atoms with Crippen molar-refractivity contribution < 1.29 is 5.11 Å². The van der Waals surface area contributed by atoms with Gasteiger partial charge in [0.2, 0.25) is 0 Å². The molecule has 110 valence electrons. The molecule has 1 aromatic heterocycles. The Balaban J connectivity index is 1.67. The van der Waals surface area contributed by atoms with E-state index in [0.717, 1.165) is 38.9 Å². The molecule has 0 radical (unpaired) electrons. The van der Waals surface area contributed by atoms with Gasteiger partial charge in [-0.15, -0.1) is 6.58 Å². The van der Waals surface area contributed by atoms with Crippen LogP contribution in [-0.4, -0.2) is 39.3 Å². The van der Waals surface area contributed by atoms with Gasteiger partial charge in [0.25, 0.3) is 0 Å². The summed E-state index contributed by atoms with van der Waals surface area (Å²) in [5.74, 6) is 0.